The highest BCUT2D eigenvalue weighted by molar-refractivity contribution is 6.31. The lowest BCUT2D eigenvalue weighted by molar-refractivity contribution is 0.0526. The number of carbonyl (C=O) groups is 1. The minimum absolute atomic E-state index is 0.313. The van der Waals surface area contributed by atoms with Crippen molar-refractivity contribution in [1.82, 2.24) is 4.58 Å². The maximum absolute atomic E-state index is 13.0. The van der Waals surface area contributed by atoms with E-state index in [2.05, 4.69) is 23.6 Å². The van der Waals surface area contributed by atoms with Crippen LogP contribution in [-0.4, -0.2) is 25.7 Å². The highest BCUT2D eigenvalue weighted by Crippen LogP contribution is 2.41. The zero-order valence-electron chi connectivity index (χ0n) is 20.2. The first-order valence-electron chi connectivity index (χ1n) is 12.7. The van der Waals surface area contributed by atoms with Gasteiger partial charge in [-0.1, -0.05) is 36.7 Å². The van der Waals surface area contributed by atoms with Crippen LogP contribution in [0.5, 0.6) is 11.5 Å². The molecule has 0 fully saturated rings. The minimum Gasteiger partial charge on any atom is -0.462 e. The van der Waals surface area contributed by atoms with Gasteiger partial charge < -0.3 is 9.47 Å². The van der Waals surface area contributed by atoms with Gasteiger partial charge in [-0.15, -0.1) is 0 Å². The Labute approximate surface area is 210 Å². The molecule has 0 aliphatic carbocycles. The topological polar surface area (TPSA) is 38.5 Å². The summed E-state index contributed by atoms with van der Waals surface area (Å²) in [7, 11) is 0. The van der Waals surface area contributed by atoms with Gasteiger partial charge in [-0.3, -0.25) is 0 Å². The molecule has 0 atom stereocenters. The van der Waals surface area contributed by atoms with Crippen molar-refractivity contribution < 1.29 is 14.3 Å². The van der Waals surface area contributed by atoms with E-state index in [1.165, 1.54) is 16.5 Å². The van der Waals surface area contributed by atoms with Gasteiger partial charge in [0.2, 0.25) is 5.36 Å². The molecule has 0 amide bonds. The maximum atomic E-state index is 13.0. The molecule has 0 bridgehead atoms. The Balaban J connectivity index is 1.76. The molecule has 0 aromatic heterocycles. The summed E-state index contributed by atoms with van der Waals surface area (Å²) in [4.78, 5) is 13.0. The summed E-state index contributed by atoms with van der Waals surface area (Å²) in [5, 5.41) is 3.13. The van der Waals surface area contributed by atoms with Crippen LogP contribution in [-0.2, 0) is 24.0 Å². The van der Waals surface area contributed by atoms with E-state index in [-0.39, 0.29) is 5.97 Å². The Morgan fingerprint density at radius 2 is 1.86 bits per heavy atom. The summed E-state index contributed by atoms with van der Waals surface area (Å²) < 4.78 is 14.7. The molecule has 3 aromatic rings. The van der Waals surface area contributed by atoms with Crippen molar-refractivity contribution in [2.24, 2.45) is 0 Å². The van der Waals surface area contributed by atoms with E-state index >= 15 is 0 Å². The van der Waals surface area contributed by atoms with E-state index in [0.29, 0.717) is 12.2 Å². The lowest BCUT2D eigenvalue weighted by Crippen LogP contribution is -2.45. The van der Waals surface area contributed by atoms with Gasteiger partial charge in [-0.05, 0) is 61.6 Å². The summed E-state index contributed by atoms with van der Waals surface area (Å²) in [6.45, 7) is 6.48. The second-order valence-corrected chi connectivity index (χ2v) is 9.88. The van der Waals surface area contributed by atoms with Crippen LogP contribution < -0.4 is 19.9 Å². The lowest BCUT2D eigenvalue weighted by atomic mass is 9.86. The van der Waals surface area contributed by atoms with Crippen LogP contribution in [0, 0.1) is 0 Å². The summed E-state index contributed by atoms with van der Waals surface area (Å²) >= 11 is 6.73. The smallest absolute Gasteiger partial charge is 0.338 e. The van der Waals surface area contributed by atoms with Gasteiger partial charge in [0.1, 0.15) is 24.6 Å². The summed E-state index contributed by atoms with van der Waals surface area (Å²) in [6.07, 6.45) is 5.15. The molecule has 0 unspecified atom stereocenters. The molecule has 0 radical (unpaired) electrons. The van der Waals surface area contributed by atoms with Crippen molar-refractivity contribution in [2.75, 3.05) is 19.7 Å². The predicted molar refractivity (Wildman–Crippen MR) is 138 cm³/mol. The third-order valence-corrected chi connectivity index (χ3v) is 7.80. The fourth-order valence-electron chi connectivity index (χ4n) is 5.91. The van der Waals surface area contributed by atoms with Crippen molar-refractivity contribution in [2.45, 2.75) is 46.0 Å². The molecular formula is C30H29ClNO3+. The molecule has 178 valence electrons. The van der Waals surface area contributed by atoms with Crippen molar-refractivity contribution >= 4 is 23.1 Å². The van der Waals surface area contributed by atoms with Crippen LogP contribution >= 0.6 is 11.6 Å². The molecule has 3 heterocycles. The molecule has 0 N–H and O–H groups in total. The number of ether oxygens (including phenoxy) is 2. The van der Waals surface area contributed by atoms with E-state index in [4.69, 9.17) is 21.1 Å². The third-order valence-electron chi connectivity index (χ3n) is 7.44. The zero-order chi connectivity index (χ0) is 24.1. The Morgan fingerprint density at radius 1 is 1.06 bits per heavy atom. The Kier molecular flexibility index (Phi) is 5.64. The largest absolute Gasteiger partial charge is 0.462 e. The zero-order valence-corrected chi connectivity index (χ0v) is 21.0. The number of fused-ring (bicyclic) bond motifs is 3. The van der Waals surface area contributed by atoms with Gasteiger partial charge >= 0.3 is 5.97 Å². The van der Waals surface area contributed by atoms with Crippen molar-refractivity contribution in [3.63, 3.8) is 0 Å². The molecule has 35 heavy (non-hydrogen) atoms. The molecule has 3 aliphatic heterocycles. The van der Waals surface area contributed by atoms with Crippen LogP contribution in [0.15, 0.2) is 42.5 Å². The van der Waals surface area contributed by atoms with E-state index in [1.54, 1.807) is 0 Å². The average Bonchev–Trinajstić information content (AvgIpc) is 2.88. The molecule has 4 nitrogen and oxygen atoms in total. The van der Waals surface area contributed by atoms with Crippen LogP contribution in [0.2, 0.25) is 5.02 Å². The molecule has 0 spiro atoms. The van der Waals surface area contributed by atoms with Gasteiger partial charge in [0, 0.05) is 39.8 Å². The first kappa shape index (κ1) is 22.4. The normalized spacial score (nSPS) is 15.6. The number of halogens is 1. The first-order chi connectivity index (χ1) is 17.1. The Morgan fingerprint density at radius 3 is 2.66 bits per heavy atom. The number of carbonyl (C=O) groups excluding carboxylic acids is 1. The molecular weight excluding hydrogens is 458 g/mol. The number of nitrogens with zero attached hydrogens (tertiary/aromatic N) is 1. The van der Waals surface area contributed by atoms with Gasteiger partial charge in [0.15, 0.2) is 0 Å². The lowest BCUT2D eigenvalue weighted by Gasteiger charge is -2.27. The fraction of sp³-hybridized carbons (Fsp3) is 0.333. The number of rotatable bonds is 4. The summed E-state index contributed by atoms with van der Waals surface area (Å²) in [5.74, 6) is 1.42. The SMILES string of the molecule is CCOC(=O)c1ccccc1C1=c2cc3c4c(c2Oc2cc(CC)c(Cl)cc21)CCC[N+]=4CCC3. The van der Waals surface area contributed by atoms with E-state index < -0.39 is 0 Å². The third kappa shape index (κ3) is 3.58. The molecule has 3 aromatic carbocycles. The summed E-state index contributed by atoms with van der Waals surface area (Å²) in [5.41, 5.74) is 7.07. The van der Waals surface area contributed by atoms with Crippen molar-refractivity contribution in [1.29, 1.82) is 0 Å². The first-order valence-corrected chi connectivity index (χ1v) is 13.1. The van der Waals surface area contributed by atoms with Gasteiger partial charge in [-0.25, -0.2) is 9.37 Å². The second kappa shape index (κ2) is 8.83. The minimum atomic E-state index is -0.313. The average molecular weight is 487 g/mol. The van der Waals surface area contributed by atoms with Crippen LogP contribution in [0.4, 0.5) is 0 Å². The Bertz CT molecular complexity index is 1500. The molecule has 6 rings (SSSR count). The highest BCUT2D eigenvalue weighted by Gasteiger charge is 2.32. The maximum Gasteiger partial charge on any atom is 0.338 e. The monoisotopic (exact) mass is 486 g/mol. The predicted octanol–water partition coefficient (Wildman–Crippen LogP) is 4.82. The van der Waals surface area contributed by atoms with Crippen molar-refractivity contribution in [3.05, 3.63) is 91.4 Å². The number of hydrogen-bond acceptors (Lipinski definition) is 3. The number of benzene rings is 3. The van der Waals surface area contributed by atoms with Crippen LogP contribution in [0.25, 0.3) is 5.57 Å². The Hall–Kier alpha value is -3.11. The molecule has 0 saturated heterocycles. The van der Waals surface area contributed by atoms with Gasteiger partial charge in [0.05, 0.1) is 17.7 Å². The molecule has 3 aliphatic rings. The number of aryl methyl sites for hydroxylation is 2. The van der Waals surface area contributed by atoms with Gasteiger partial charge in [-0.2, -0.15) is 0 Å². The van der Waals surface area contributed by atoms with Crippen LogP contribution in [0.3, 0.4) is 0 Å². The molecule has 5 heteroatoms. The van der Waals surface area contributed by atoms with Crippen molar-refractivity contribution in [3.8, 4) is 11.5 Å². The fourth-order valence-corrected chi connectivity index (χ4v) is 6.21. The number of esters is 1. The quantitative estimate of drug-likeness (QED) is 0.307. The van der Waals surface area contributed by atoms with E-state index in [9.17, 15) is 4.79 Å². The van der Waals surface area contributed by atoms with Gasteiger partial charge in [0.25, 0.3) is 0 Å². The van der Waals surface area contributed by atoms with E-state index in [0.717, 1.165) is 89.2 Å². The molecule has 0 saturated carbocycles. The number of hydrogen-bond donors (Lipinski definition) is 0. The second-order valence-electron chi connectivity index (χ2n) is 9.47. The highest BCUT2D eigenvalue weighted by atomic mass is 35.5. The van der Waals surface area contributed by atoms with E-state index in [1.807, 2.05) is 37.3 Å². The van der Waals surface area contributed by atoms with Crippen LogP contribution in [0.1, 0.15) is 64.9 Å². The standard InChI is InChI=1S/C30H29ClNO3/c1-3-18-16-26-23(17-25(18)31)27(20-10-5-6-11-21(20)30(33)34-4-2)24-15-19-9-7-13-32-14-8-12-22(28(19)32)29(24)35-26/h5-6,10-11,15-17H,3-4,7-9,12-14H2,1-2H3/q+1. The summed E-state index contributed by atoms with van der Waals surface area (Å²) in [6, 6.07) is 14.1.